The first-order chi connectivity index (χ1) is 32.8. The van der Waals surface area contributed by atoms with E-state index in [2.05, 4.69) is 38.2 Å². The molecular weight excluding hydrogens is 845 g/mol. The van der Waals surface area contributed by atoms with E-state index in [1.54, 1.807) is 0 Å². The summed E-state index contributed by atoms with van der Waals surface area (Å²) in [5, 5.41) is 40.3. The van der Waals surface area contributed by atoms with E-state index in [-0.39, 0.29) is 26.1 Å². The minimum absolute atomic E-state index is 0.219. The van der Waals surface area contributed by atoms with Gasteiger partial charge in [-0.3, -0.25) is 9.59 Å². The van der Waals surface area contributed by atoms with Gasteiger partial charge in [0.15, 0.2) is 12.4 Å². The predicted octanol–water partition coefficient (Wildman–Crippen LogP) is 14.0. The van der Waals surface area contributed by atoms with Crippen molar-refractivity contribution < 1.29 is 49.0 Å². The number of hydrogen-bond acceptors (Lipinski definition) is 10. The highest BCUT2D eigenvalue weighted by atomic mass is 16.7. The number of hydrogen-bond donors (Lipinski definition) is 4. The highest BCUT2D eigenvalue weighted by Crippen LogP contribution is 2.23. The molecule has 0 aliphatic carbocycles. The van der Waals surface area contributed by atoms with Crippen LogP contribution in [0.3, 0.4) is 0 Å². The van der Waals surface area contributed by atoms with E-state index in [9.17, 15) is 30.0 Å². The third-order valence-electron chi connectivity index (χ3n) is 13.3. The molecular formula is C57H106O10. The third-order valence-corrected chi connectivity index (χ3v) is 13.3. The van der Waals surface area contributed by atoms with E-state index >= 15 is 0 Å². The summed E-state index contributed by atoms with van der Waals surface area (Å²) in [5.41, 5.74) is 0. The number of carbonyl (C=O) groups is 2. The second-order valence-electron chi connectivity index (χ2n) is 19.7. The van der Waals surface area contributed by atoms with Crippen LogP contribution in [0.4, 0.5) is 0 Å². The molecule has 0 amide bonds. The van der Waals surface area contributed by atoms with Gasteiger partial charge in [-0.15, -0.1) is 0 Å². The zero-order valence-electron chi connectivity index (χ0n) is 43.4. The predicted molar refractivity (Wildman–Crippen MR) is 275 cm³/mol. The van der Waals surface area contributed by atoms with Crippen molar-refractivity contribution in [1.29, 1.82) is 0 Å². The van der Waals surface area contributed by atoms with Crippen LogP contribution in [-0.2, 0) is 28.5 Å². The zero-order chi connectivity index (χ0) is 48.7. The molecule has 0 bridgehead atoms. The molecule has 6 atom stereocenters. The summed E-state index contributed by atoms with van der Waals surface area (Å²) in [6, 6.07) is 0. The van der Waals surface area contributed by atoms with Gasteiger partial charge >= 0.3 is 11.9 Å². The maximum absolute atomic E-state index is 12.9. The Morgan fingerprint density at radius 2 is 0.821 bits per heavy atom. The fourth-order valence-corrected chi connectivity index (χ4v) is 8.86. The average molecular weight is 951 g/mol. The van der Waals surface area contributed by atoms with Crippen LogP contribution in [0.1, 0.15) is 271 Å². The highest BCUT2D eigenvalue weighted by molar-refractivity contribution is 5.70. The van der Waals surface area contributed by atoms with E-state index in [4.69, 9.17) is 18.9 Å². The maximum Gasteiger partial charge on any atom is 0.306 e. The summed E-state index contributed by atoms with van der Waals surface area (Å²) in [6.45, 7) is 3.45. The monoisotopic (exact) mass is 951 g/mol. The minimum atomic E-state index is -1.60. The molecule has 0 radical (unpaired) electrons. The van der Waals surface area contributed by atoms with Gasteiger partial charge in [0, 0.05) is 12.8 Å². The summed E-state index contributed by atoms with van der Waals surface area (Å²) in [5.74, 6) is -0.840. The number of esters is 2. The molecule has 394 valence electrons. The van der Waals surface area contributed by atoms with Crippen molar-refractivity contribution in [2.24, 2.45) is 0 Å². The van der Waals surface area contributed by atoms with Crippen LogP contribution < -0.4 is 0 Å². The van der Waals surface area contributed by atoms with Crippen LogP contribution in [0.15, 0.2) is 24.3 Å². The summed E-state index contributed by atoms with van der Waals surface area (Å²) < 4.78 is 22.3. The lowest BCUT2D eigenvalue weighted by Crippen LogP contribution is -2.59. The quantitative estimate of drug-likeness (QED) is 0.0263. The highest BCUT2D eigenvalue weighted by Gasteiger charge is 2.44. The van der Waals surface area contributed by atoms with Crippen LogP contribution >= 0.6 is 0 Å². The van der Waals surface area contributed by atoms with Crippen molar-refractivity contribution in [2.75, 3.05) is 19.8 Å². The fourth-order valence-electron chi connectivity index (χ4n) is 8.86. The fraction of sp³-hybridized carbons (Fsp3) is 0.895. The SMILES string of the molecule is CCCCCCCCCCCCCCCC/C=C/CC/C=C/CCCC(=O)OC[C@@H](CO[C@H]1O[C@@H](CO)[C@@H](O)C(O)C1O)OC(=O)CCCCCCCCCCCCCCCCCCCCC. The van der Waals surface area contributed by atoms with Crippen LogP contribution in [-0.4, -0.2) is 89.0 Å². The number of ether oxygens (including phenoxy) is 4. The normalized spacial score (nSPS) is 19.2. The lowest BCUT2D eigenvalue weighted by Gasteiger charge is -2.39. The molecule has 0 saturated carbocycles. The molecule has 1 aliphatic rings. The first-order valence-electron chi connectivity index (χ1n) is 28.4. The first kappa shape index (κ1) is 63.2. The van der Waals surface area contributed by atoms with Crippen molar-refractivity contribution >= 4 is 11.9 Å². The summed E-state index contributed by atoms with van der Waals surface area (Å²) in [7, 11) is 0. The first-order valence-corrected chi connectivity index (χ1v) is 28.4. The Labute approximate surface area is 411 Å². The van der Waals surface area contributed by atoms with E-state index in [1.807, 2.05) is 0 Å². The molecule has 1 aliphatic heterocycles. The van der Waals surface area contributed by atoms with Gasteiger partial charge in [0.25, 0.3) is 0 Å². The zero-order valence-corrected chi connectivity index (χ0v) is 43.4. The molecule has 4 N–H and O–H groups in total. The maximum atomic E-state index is 12.9. The largest absolute Gasteiger partial charge is 0.462 e. The summed E-state index contributed by atoms with van der Waals surface area (Å²) in [4.78, 5) is 25.5. The number of carbonyl (C=O) groups excluding carboxylic acids is 2. The van der Waals surface area contributed by atoms with Crippen molar-refractivity contribution in [1.82, 2.24) is 0 Å². The third kappa shape index (κ3) is 38.6. The van der Waals surface area contributed by atoms with E-state index in [0.29, 0.717) is 12.8 Å². The summed E-state index contributed by atoms with van der Waals surface area (Å²) in [6.07, 6.45) is 49.2. The lowest BCUT2D eigenvalue weighted by molar-refractivity contribution is -0.305. The molecule has 0 aromatic heterocycles. The molecule has 2 unspecified atom stereocenters. The van der Waals surface area contributed by atoms with Crippen molar-refractivity contribution in [3.05, 3.63) is 24.3 Å². The molecule has 10 heteroatoms. The minimum Gasteiger partial charge on any atom is -0.462 e. The molecule has 0 aromatic carbocycles. The number of aliphatic hydroxyl groups excluding tert-OH is 4. The average Bonchev–Trinajstić information content (AvgIpc) is 3.33. The van der Waals surface area contributed by atoms with Gasteiger partial charge in [0.1, 0.15) is 31.0 Å². The second-order valence-corrected chi connectivity index (χ2v) is 19.7. The molecule has 1 saturated heterocycles. The Hall–Kier alpha value is -1.82. The lowest BCUT2D eigenvalue weighted by atomic mass is 9.99. The smallest absolute Gasteiger partial charge is 0.306 e. The molecule has 1 heterocycles. The molecule has 1 rings (SSSR count). The molecule has 0 spiro atoms. The van der Waals surface area contributed by atoms with Gasteiger partial charge in [-0.05, 0) is 44.9 Å². The van der Waals surface area contributed by atoms with Crippen molar-refractivity contribution in [3.63, 3.8) is 0 Å². The van der Waals surface area contributed by atoms with Gasteiger partial charge < -0.3 is 39.4 Å². The second kappa shape index (κ2) is 47.8. The van der Waals surface area contributed by atoms with Crippen LogP contribution in [0.2, 0.25) is 0 Å². The number of rotatable bonds is 49. The number of aliphatic hydroxyl groups is 4. The van der Waals surface area contributed by atoms with Crippen molar-refractivity contribution in [3.8, 4) is 0 Å². The molecule has 67 heavy (non-hydrogen) atoms. The number of allylic oxidation sites excluding steroid dienone is 4. The molecule has 10 nitrogen and oxygen atoms in total. The Bertz CT molecular complexity index is 1140. The Morgan fingerprint density at radius 1 is 0.448 bits per heavy atom. The van der Waals surface area contributed by atoms with Crippen LogP contribution in [0, 0.1) is 0 Å². The Balaban J connectivity index is 2.23. The summed E-state index contributed by atoms with van der Waals surface area (Å²) >= 11 is 0. The van der Waals surface area contributed by atoms with Gasteiger partial charge in [-0.25, -0.2) is 0 Å². The van der Waals surface area contributed by atoms with Crippen LogP contribution in [0.25, 0.3) is 0 Å². The van der Waals surface area contributed by atoms with Gasteiger partial charge in [-0.2, -0.15) is 0 Å². The molecule has 0 aromatic rings. The van der Waals surface area contributed by atoms with E-state index in [0.717, 1.165) is 44.9 Å². The molecule has 1 fully saturated rings. The van der Waals surface area contributed by atoms with E-state index < -0.39 is 55.4 Å². The number of unbranched alkanes of at least 4 members (excludes halogenated alkanes) is 34. The van der Waals surface area contributed by atoms with Gasteiger partial charge in [0.05, 0.1) is 13.2 Å². The standard InChI is InChI=1S/C57H106O10/c1-3-5-7-9-11-13-15-17-19-21-23-24-25-26-28-29-31-33-35-37-39-41-43-45-52(59)64-48-50(49-65-57-56(63)55(62)54(61)51(47-58)67-57)66-53(60)46-44-42-40-38-36-34-32-30-27-22-20-18-16-14-12-10-8-6-4-2/h29,31,37,39,50-51,54-58,61-63H,3-28,30,32-36,38,40-49H2,1-2H3/b31-29+,39-37+/t50-,51-,54+,55?,56?,57-/m0/s1. The van der Waals surface area contributed by atoms with E-state index in [1.165, 1.54) is 186 Å². The van der Waals surface area contributed by atoms with Crippen LogP contribution in [0.5, 0.6) is 0 Å². The van der Waals surface area contributed by atoms with Gasteiger partial charge in [0.2, 0.25) is 0 Å². The van der Waals surface area contributed by atoms with Gasteiger partial charge in [-0.1, -0.05) is 237 Å². The topological polar surface area (TPSA) is 152 Å². The van der Waals surface area contributed by atoms with Crippen molar-refractivity contribution in [2.45, 2.75) is 307 Å². The Morgan fingerprint density at radius 3 is 1.25 bits per heavy atom. The Kier molecular flexibility index (Phi) is 45.1.